The second-order valence-corrected chi connectivity index (χ2v) is 3.10. The summed E-state index contributed by atoms with van der Waals surface area (Å²) < 4.78 is 1.45. The zero-order valence-electron chi connectivity index (χ0n) is 8.42. The van der Waals surface area contributed by atoms with Crippen molar-refractivity contribution in [2.45, 2.75) is 0 Å². The van der Waals surface area contributed by atoms with E-state index >= 15 is 0 Å². The van der Waals surface area contributed by atoms with E-state index in [1.165, 1.54) is 10.6 Å². The van der Waals surface area contributed by atoms with Crippen molar-refractivity contribution >= 4 is 17.4 Å². The normalized spacial score (nSPS) is 10.2. The number of carboxylic acids is 1. The molecule has 2 rings (SSSR count). The average Bonchev–Trinajstić information content (AvgIpc) is 2.70. The number of aromatic nitrogens is 3. The Bertz CT molecular complexity index is 547. The first-order chi connectivity index (χ1) is 7.72. The van der Waals surface area contributed by atoms with E-state index in [9.17, 15) is 4.79 Å². The molecule has 2 N–H and O–H groups in total. The van der Waals surface area contributed by atoms with Gasteiger partial charge < -0.3 is 10.4 Å². The molecule has 0 aliphatic rings. The smallest absolute Gasteiger partial charge is 0.356 e. The van der Waals surface area contributed by atoms with Crippen LogP contribution in [0.15, 0.2) is 31.0 Å². The molecule has 0 aromatic carbocycles. The lowest BCUT2D eigenvalue weighted by molar-refractivity contribution is 0.0690. The molecule has 0 saturated carbocycles. The van der Waals surface area contributed by atoms with E-state index in [1.54, 1.807) is 18.3 Å². The molecule has 0 bridgehead atoms. The van der Waals surface area contributed by atoms with E-state index in [0.29, 0.717) is 18.0 Å². The number of carbonyl (C=O) groups is 1. The number of carboxylic acid groups (broad SMARTS) is 1. The van der Waals surface area contributed by atoms with Crippen molar-refractivity contribution in [3.63, 3.8) is 0 Å². The van der Waals surface area contributed by atoms with E-state index in [2.05, 4.69) is 22.0 Å². The Kier molecular flexibility index (Phi) is 2.55. The van der Waals surface area contributed by atoms with E-state index in [1.807, 2.05) is 0 Å². The van der Waals surface area contributed by atoms with Gasteiger partial charge in [-0.1, -0.05) is 6.08 Å². The monoisotopic (exact) mass is 218 g/mol. The molecule has 16 heavy (non-hydrogen) atoms. The summed E-state index contributed by atoms with van der Waals surface area (Å²) in [5, 5.41) is 15.8. The predicted octanol–water partition coefficient (Wildman–Crippen LogP) is 1.03. The van der Waals surface area contributed by atoms with Gasteiger partial charge in [0.05, 0.1) is 0 Å². The molecular formula is C10H10N4O2. The molecule has 0 saturated heterocycles. The largest absolute Gasteiger partial charge is 0.476 e. The summed E-state index contributed by atoms with van der Waals surface area (Å²) in [5.41, 5.74) is 0.465. The standard InChI is InChI=1S/C10H10N4O2/c1-2-4-11-8-3-5-12-9-6-7(10(15)16)13-14(8)9/h2-3,5-6,11H,1,4H2,(H,15,16). The van der Waals surface area contributed by atoms with Gasteiger partial charge in [0.2, 0.25) is 0 Å². The first-order valence-electron chi connectivity index (χ1n) is 4.65. The van der Waals surface area contributed by atoms with E-state index < -0.39 is 5.97 Å². The number of hydrogen-bond donors (Lipinski definition) is 2. The van der Waals surface area contributed by atoms with Gasteiger partial charge in [-0.2, -0.15) is 9.61 Å². The molecular weight excluding hydrogens is 208 g/mol. The average molecular weight is 218 g/mol. The van der Waals surface area contributed by atoms with Gasteiger partial charge in [-0.05, 0) is 6.07 Å². The maximum absolute atomic E-state index is 10.8. The summed E-state index contributed by atoms with van der Waals surface area (Å²) in [4.78, 5) is 14.8. The van der Waals surface area contributed by atoms with Crippen molar-refractivity contribution < 1.29 is 9.90 Å². The zero-order valence-corrected chi connectivity index (χ0v) is 8.42. The molecule has 6 nitrogen and oxygen atoms in total. The lowest BCUT2D eigenvalue weighted by Crippen LogP contribution is -2.06. The van der Waals surface area contributed by atoms with Crippen LogP contribution in [0.2, 0.25) is 0 Å². The SMILES string of the molecule is C=CCNc1ccnc2cc(C(=O)O)nn12. The molecule has 0 aliphatic carbocycles. The van der Waals surface area contributed by atoms with Gasteiger partial charge >= 0.3 is 5.97 Å². The number of anilines is 1. The van der Waals surface area contributed by atoms with Gasteiger partial charge in [-0.15, -0.1) is 6.58 Å². The molecule has 0 aliphatic heterocycles. The fourth-order valence-corrected chi connectivity index (χ4v) is 1.31. The summed E-state index contributed by atoms with van der Waals surface area (Å²) in [5.74, 6) is -0.391. The molecule has 0 fully saturated rings. The Morgan fingerprint density at radius 3 is 3.19 bits per heavy atom. The summed E-state index contributed by atoms with van der Waals surface area (Å²) >= 11 is 0. The Morgan fingerprint density at radius 1 is 1.69 bits per heavy atom. The molecule has 6 heteroatoms. The van der Waals surface area contributed by atoms with Gasteiger partial charge in [-0.3, -0.25) is 0 Å². The predicted molar refractivity (Wildman–Crippen MR) is 58.6 cm³/mol. The molecule has 2 aromatic rings. The van der Waals surface area contributed by atoms with Gasteiger partial charge in [0.1, 0.15) is 5.82 Å². The Hall–Kier alpha value is -2.37. The van der Waals surface area contributed by atoms with E-state index in [-0.39, 0.29) is 5.69 Å². The van der Waals surface area contributed by atoms with Crippen molar-refractivity contribution in [3.05, 3.63) is 36.7 Å². The summed E-state index contributed by atoms with van der Waals surface area (Å²) in [6, 6.07) is 3.14. The molecule has 0 radical (unpaired) electrons. The number of rotatable bonds is 4. The number of nitrogens with one attached hydrogen (secondary N) is 1. The topological polar surface area (TPSA) is 79.5 Å². The van der Waals surface area contributed by atoms with Crippen molar-refractivity contribution in [2.75, 3.05) is 11.9 Å². The third kappa shape index (κ3) is 1.72. The number of hydrogen-bond acceptors (Lipinski definition) is 4. The van der Waals surface area contributed by atoms with Crippen LogP contribution in [0.4, 0.5) is 5.82 Å². The minimum Gasteiger partial charge on any atom is -0.476 e. The molecule has 0 spiro atoms. The Labute approximate surface area is 91.2 Å². The van der Waals surface area contributed by atoms with Crippen LogP contribution in [0.1, 0.15) is 10.5 Å². The molecule has 2 aromatic heterocycles. The van der Waals surface area contributed by atoms with Gasteiger partial charge in [-0.25, -0.2) is 9.78 Å². The zero-order chi connectivity index (χ0) is 11.5. The second kappa shape index (κ2) is 4.01. The number of aromatic carboxylic acids is 1. The Morgan fingerprint density at radius 2 is 2.50 bits per heavy atom. The highest BCUT2D eigenvalue weighted by Crippen LogP contribution is 2.10. The minimum absolute atomic E-state index is 0.0275. The summed E-state index contributed by atoms with van der Waals surface area (Å²) in [6.07, 6.45) is 3.29. The number of fused-ring (bicyclic) bond motifs is 1. The third-order valence-corrected chi connectivity index (χ3v) is 2.00. The fourth-order valence-electron chi connectivity index (χ4n) is 1.31. The van der Waals surface area contributed by atoms with Crippen LogP contribution in [-0.4, -0.2) is 32.2 Å². The lowest BCUT2D eigenvalue weighted by atomic mass is 10.4. The van der Waals surface area contributed by atoms with Crippen LogP contribution >= 0.6 is 0 Å². The van der Waals surface area contributed by atoms with Crippen LogP contribution in [0.5, 0.6) is 0 Å². The maximum Gasteiger partial charge on any atom is 0.356 e. The molecule has 2 heterocycles. The van der Waals surface area contributed by atoms with Crippen molar-refractivity contribution in [1.29, 1.82) is 0 Å². The third-order valence-electron chi connectivity index (χ3n) is 2.00. The minimum atomic E-state index is -1.07. The fraction of sp³-hybridized carbons (Fsp3) is 0.100. The highest BCUT2D eigenvalue weighted by Gasteiger charge is 2.10. The maximum atomic E-state index is 10.8. The quantitative estimate of drug-likeness (QED) is 0.749. The summed E-state index contributed by atoms with van der Waals surface area (Å²) in [7, 11) is 0. The summed E-state index contributed by atoms with van der Waals surface area (Å²) in [6.45, 7) is 4.16. The molecule has 0 unspecified atom stereocenters. The lowest BCUT2D eigenvalue weighted by Gasteiger charge is -2.04. The van der Waals surface area contributed by atoms with Gasteiger partial charge in [0.25, 0.3) is 0 Å². The first kappa shape index (κ1) is 10.2. The van der Waals surface area contributed by atoms with Crippen LogP contribution < -0.4 is 5.32 Å². The van der Waals surface area contributed by atoms with Gasteiger partial charge in [0, 0.05) is 18.8 Å². The van der Waals surface area contributed by atoms with Crippen molar-refractivity contribution in [3.8, 4) is 0 Å². The van der Waals surface area contributed by atoms with E-state index in [4.69, 9.17) is 5.11 Å². The van der Waals surface area contributed by atoms with Crippen LogP contribution in [0.3, 0.4) is 0 Å². The second-order valence-electron chi connectivity index (χ2n) is 3.10. The van der Waals surface area contributed by atoms with Crippen LogP contribution in [0.25, 0.3) is 5.65 Å². The highest BCUT2D eigenvalue weighted by molar-refractivity contribution is 5.86. The molecule has 0 atom stereocenters. The van der Waals surface area contributed by atoms with Crippen molar-refractivity contribution in [1.82, 2.24) is 14.6 Å². The van der Waals surface area contributed by atoms with Crippen LogP contribution in [-0.2, 0) is 0 Å². The highest BCUT2D eigenvalue weighted by atomic mass is 16.4. The van der Waals surface area contributed by atoms with Crippen molar-refractivity contribution in [2.24, 2.45) is 0 Å². The molecule has 82 valence electrons. The Balaban J connectivity index is 2.49. The van der Waals surface area contributed by atoms with Crippen LogP contribution in [0, 0.1) is 0 Å². The number of nitrogens with zero attached hydrogens (tertiary/aromatic N) is 3. The molecule has 0 amide bonds. The first-order valence-corrected chi connectivity index (χ1v) is 4.65. The van der Waals surface area contributed by atoms with E-state index in [0.717, 1.165) is 0 Å². The van der Waals surface area contributed by atoms with Gasteiger partial charge in [0.15, 0.2) is 11.3 Å².